The van der Waals surface area contributed by atoms with Crippen LogP contribution in [0.5, 0.6) is 0 Å². The Kier molecular flexibility index (Phi) is 7.97. The van der Waals surface area contributed by atoms with Crippen LogP contribution in [0.3, 0.4) is 0 Å². The second-order valence-electron chi connectivity index (χ2n) is 7.25. The maximum atomic E-state index is 12.5. The molecule has 9 heteroatoms. The van der Waals surface area contributed by atoms with Gasteiger partial charge in [-0.05, 0) is 35.4 Å². The number of morpholine rings is 1. The van der Waals surface area contributed by atoms with Crippen molar-refractivity contribution in [3.8, 4) is 11.4 Å². The fourth-order valence-electron chi connectivity index (χ4n) is 3.76. The molecule has 8 nitrogen and oxygen atoms in total. The quantitative estimate of drug-likeness (QED) is 0.669. The average molecular weight is 421 g/mol. The molecule has 1 aliphatic heterocycles. The summed E-state index contributed by atoms with van der Waals surface area (Å²) < 4.78 is 5.48. The van der Waals surface area contributed by atoms with E-state index >= 15 is 0 Å². The highest BCUT2D eigenvalue weighted by molar-refractivity contribution is 6.30. The van der Waals surface area contributed by atoms with E-state index in [2.05, 4.69) is 39.5 Å². The number of rotatable bonds is 9. The Morgan fingerprint density at radius 2 is 1.90 bits per heavy atom. The van der Waals surface area contributed by atoms with Gasteiger partial charge in [0.05, 0.1) is 13.2 Å². The zero-order valence-electron chi connectivity index (χ0n) is 17.1. The minimum atomic E-state index is -0.116. The van der Waals surface area contributed by atoms with Crippen LogP contribution in [0, 0.1) is 5.92 Å². The Morgan fingerprint density at radius 1 is 1.21 bits per heavy atom. The van der Waals surface area contributed by atoms with E-state index in [1.807, 2.05) is 12.1 Å². The smallest absolute Gasteiger partial charge is 0.243 e. The van der Waals surface area contributed by atoms with E-state index in [0.717, 1.165) is 44.7 Å². The van der Waals surface area contributed by atoms with Gasteiger partial charge < -0.3 is 10.1 Å². The number of ether oxygens (including phenoxy) is 1. The molecule has 0 radical (unpaired) electrons. The molecule has 2 aromatic rings. The molecule has 0 saturated carbocycles. The third-order valence-corrected chi connectivity index (χ3v) is 5.71. The Balaban J connectivity index is 1.57. The van der Waals surface area contributed by atoms with E-state index < -0.39 is 0 Å². The van der Waals surface area contributed by atoms with Gasteiger partial charge in [0.1, 0.15) is 6.54 Å². The van der Waals surface area contributed by atoms with Gasteiger partial charge in [-0.15, -0.1) is 10.2 Å². The van der Waals surface area contributed by atoms with Gasteiger partial charge in [0.15, 0.2) is 0 Å². The van der Waals surface area contributed by atoms with Gasteiger partial charge in [-0.2, -0.15) is 4.80 Å². The lowest BCUT2D eigenvalue weighted by Crippen LogP contribution is -2.52. The lowest BCUT2D eigenvalue weighted by Gasteiger charge is -2.38. The first kappa shape index (κ1) is 21.7. The highest BCUT2D eigenvalue weighted by Gasteiger charge is 2.27. The Bertz CT molecular complexity index is 772. The second kappa shape index (κ2) is 10.7. The van der Waals surface area contributed by atoms with Gasteiger partial charge in [0.25, 0.3) is 0 Å². The maximum absolute atomic E-state index is 12.5. The van der Waals surface area contributed by atoms with Crippen LogP contribution in [0.4, 0.5) is 0 Å². The predicted molar refractivity (Wildman–Crippen MR) is 112 cm³/mol. The number of carbonyl (C=O) groups is 1. The van der Waals surface area contributed by atoms with Crippen LogP contribution in [-0.2, 0) is 16.1 Å². The van der Waals surface area contributed by atoms with Crippen molar-refractivity contribution in [3.05, 3.63) is 29.3 Å². The molecule has 158 valence electrons. The summed E-state index contributed by atoms with van der Waals surface area (Å²) >= 11 is 5.91. The van der Waals surface area contributed by atoms with Crippen molar-refractivity contribution < 1.29 is 9.53 Å². The zero-order valence-corrected chi connectivity index (χ0v) is 17.8. The van der Waals surface area contributed by atoms with Crippen LogP contribution in [0.15, 0.2) is 24.3 Å². The van der Waals surface area contributed by atoms with Crippen molar-refractivity contribution in [3.63, 3.8) is 0 Å². The number of amides is 1. The molecule has 0 spiro atoms. The molecule has 1 atom stereocenters. The van der Waals surface area contributed by atoms with E-state index in [0.29, 0.717) is 29.4 Å². The fourth-order valence-corrected chi connectivity index (χ4v) is 3.89. The van der Waals surface area contributed by atoms with Crippen molar-refractivity contribution in [2.24, 2.45) is 5.92 Å². The van der Waals surface area contributed by atoms with Crippen molar-refractivity contribution >= 4 is 17.5 Å². The van der Waals surface area contributed by atoms with Gasteiger partial charge >= 0.3 is 0 Å². The van der Waals surface area contributed by atoms with Gasteiger partial charge in [0.2, 0.25) is 11.7 Å². The Morgan fingerprint density at radius 3 is 2.55 bits per heavy atom. The van der Waals surface area contributed by atoms with Crippen LogP contribution < -0.4 is 5.32 Å². The Labute approximate surface area is 176 Å². The molecule has 1 unspecified atom stereocenters. The third kappa shape index (κ3) is 5.98. The van der Waals surface area contributed by atoms with Crippen molar-refractivity contribution in [1.29, 1.82) is 0 Å². The zero-order chi connectivity index (χ0) is 20.6. The van der Waals surface area contributed by atoms with E-state index in [4.69, 9.17) is 16.3 Å². The summed E-state index contributed by atoms with van der Waals surface area (Å²) in [5, 5.41) is 16.0. The number of hydrogen-bond acceptors (Lipinski definition) is 6. The summed E-state index contributed by atoms with van der Waals surface area (Å²) in [4.78, 5) is 16.2. The van der Waals surface area contributed by atoms with Gasteiger partial charge in [0, 0.05) is 36.3 Å². The summed E-state index contributed by atoms with van der Waals surface area (Å²) in [6.45, 7) is 8.39. The number of tetrazole rings is 1. The molecular formula is C20H29ClN6O2. The molecule has 1 aromatic carbocycles. The van der Waals surface area contributed by atoms with Crippen LogP contribution in [-0.4, -0.2) is 69.9 Å². The first-order valence-corrected chi connectivity index (χ1v) is 10.6. The maximum Gasteiger partial charge on any atom is 0.243 e. The number of nitrogens with one attached hydrogen (secondary N) is 1. The predicted octanol–water partition coefficient (Wildman–Crippen LogP) is 2.25. The number of carbonyl (C=O) groups excluding carboxylic acids is 1. The second-order valence-corrected chi connectivity index (χ2v) is 7.68. The first-order chi connectivity index (χ1) is 14.1. The van der Waals surface area contributed by atoms with Crippen LogP contribution in [0.1, 0.15) is 26.7 Å². The summed E-state index contributed by atoms with van der Waals surface area (Å²) in [6, 6.07) is 7.51. The third-order valence-electron chi connectivity index (χ3n) is 5.46. The highest BCUT2D eigenvalue weighted by atomic mass is 35.5. The number of benzene rings is 1. The minimum Gasteiger partial charge on any atom is -0.379 e. The molecule has 3 rings (SSSR count). The number of nitrogens with zero attached hydrogens (tertiary/aromatic N) is 5. The summed E-state index contributed by atoms with van der Waals surface area (Å²) in [6.07, 6.45) is 2.17. The van der Waals surface area contributed by atoms with E-state index in [-0.39, 0.29) is 12.5 Å². The monoisotopic (exact) mass is 420 g/mol. The summed E-state index contributed by atoms with van der Waals surface area (Å²) in [5.74, 6) is 0.890. The molecule has 2 heterocycles. The lowest BCUT2D eigenvalue weighted by molar-refractivity contribution is -0.122. The van der Waals surface area contributed by atoms with E-state index in [9.17, 15) is 4.79 Å². The van der Waals surface area contributed by atoms with Gasteiger partial charge in [-0.1, -0.05) is 38.3 Å². The molecular weight excluding hydrogens is 392 g/mol. The van der Waals surface area contributed by atoms with Gasteiger partial charge in [-0.3, -0.25) is 9.69 Å². The van der Waals surface area contributed by atoms with Crippen molar-refractivity contribution in [2.75, 3.05) is 32.8 Å². The minimum absolute atomic E-state index is 0.0410. The Hall–Kier alpha value is -2.03. The molecule has 29 heavy (non-hydrogen) atoms. The summed E-state index contributed by atoms with van der Waals surface area (Å²) in [5.41, 5.74) is 0.808. The number of aromatic nitrogens is 4. The molecule has 0 aliphatic carbocycles. The standard InChI is InChI=1S/C20H29ClN6O2/c1-3-15(4-2)18(26-9-11-29-12-10-26)13-22-19(28)14-27-24-20(23-25-27)16-5-7-17(21)8-6-16/h5-8,15,18H,3-4,9-14H2,1-2H3,(H,22,28). The SMILES string of the molecule is CCC(CC)C(CNC(=O)Cn1nnc(-c2ccc(Cl)cc2)n1)N1CCOCC1. The van der Waals surface area contributed by atoms with Crippen LogP contribution in [0.2, 0.25) is 5.02 Å². The highest BCUT2D eigenvalue weighted by Crippen LogP contribution is 2.20. The first-order valence-electron chi connectivity index (χ1n) is 10.2. The molecule has 1 aromatic heterocycles. The lowest BCUT2D eigenvalue weighted by atomic mass is 9.92. The van der Waals surface area contributed by atoms with Crippen molar-refractivity contribution in [2.45, 2.75) is 39.3 Å². The topological polar surface area (TPSA) is 85.2 Å². The molecule has 0 bridgehead atoms. The number of halogens is 1. The number of hydrogen-bond donors (Lipinski definition) is 1. The fraction of sp³-hybridized carbons (Fsp3) is 0.600. The molecule has 1 aliphatic rings. The van der Waals surface area contributed by atoms with Crippen molar-refractivity contribution in [1.82, 2.24) is 30.4 Å². The van der Waals surface area contributed by atoms with Gasteiger partial charge in [-0.25, -0.2) is 0 Å². The molecule has 1 N–H and O–H groups in total. The van der Waals surface area contributed by atoms with Crippen LogP contribution in [0.25, 0.3) is 11.4 Å². The molecule has 1 amide bonds. The normalized spacial score (nSPS) is 16.1. The average Bonchev–Trinajstić information content (AvgIpc) is 3.20. The molecule has 1 fully saturated rings. The largest absolute Gasteiger partial charge is 0.379 e. The van der Waals surface area contributed by atoms with E-state index in [1.165, 1.54) is 4.80 Å². The van der Waals surface area contributed by atoms with E-state index in [1.54, 1.807) is 12.1 Å². The summed E-state index contributed by atoms with van der Waals surface area (Å²) in [7, 11) is 0. The van der Waals surface area contributed by atoms with Crippen LogP contribution >= 0.6 is 11.6 Å². The molecule has 1 saturated heterocycles.